The first kappa shape index (κ1) is 13.1. The molecule has 1 aliphatic rings. The van der Waals surface area contributed by atoms with Crippen LogP contribution in [0.3, 0.4) is 0 Å². The predicted molar refractivity (Wildman–Crippen MR) is 79.0 cm³/mol. The van der Waals surface area contributed by atoms with Crippen LogP contribution in [0, 0.1) is 5.41 Å². The van der Waals surface area contributed by atoms with Crippen LogP contribution in [0.25, 0.3) is 5.65 Å². The van der Waals surface area contributed by atoms with E-state index >= 15 is 0 Å². The predicted octanol–water partition coefficient (Wildman–Crippen LogP) is 3.16. The molecular weight excluding hydrogens is 304 g/mol. The smallest absolute Gasteiger partial charge is 0.155 e. The minimum atomic E-state index is 0.489. The van der Waals surface area contributed by atoms with Crippen molar-refractivity contribution in [3.05, 3.63) is 28.9 Å². The lowest BCUT2D eigenvalue weighted by atomic mass is 9.89. The monoisotopic (exact) mass is 322 g/mol. The van der Waals surface area contributed by atoms with Crippen molar-refractivity contribution >= 4 is 21.6 Å². The first-order valence-corrected chi connectivity index (χ1v) is 7.64. The molecule has 0 atom stereocenters. The molecule has 4 nitrogen and oxygen atoms in total. The van der Waals surface area contributed by atoms with E-state index in [-0.39, 0.29) is 0 Å². The van der Waals surface area contributed by atoms with Gasteiger partial charge in [0.1, 0.15) is 4.60 Å². The van der Waals surface area contributed by atoms with E-state index in [1.54, 1.807) is 6.20 Å². The van der Waals surface area contributed by atoms with Crippen molar-refractivity contribution in [2.75, 3.05) is 6.54 Å². The molecule has 0 bridgehead atoms. The zero-order valence-electron chi connectivity index (χ0n) is 11.2. The fourth-order valence-electron chi connectivity index (χ4n) is 2.94. The van der Waals surface area contributed by atoms with Crippen LogP contribution < -0.4 is 5.32 Å². The Kier molecular flexibility index (Phi) is 3.58. The molecule has 0 unspecified atom stereocenters. The van der Waals surface area contributed by atoms with Crippen molar-refractivity contribution in [2.24, 2.45) is 5.41 Å². The van der Waals surface area contributed by atoms with Crippen molar-refractivity contribution in [1.29, 1.82) is 0 Å². The molecule has 0 radical (unpaired) electrons. The van der Waals surface area contributed by atoms with E-state index in [0.717, 1.165) is 23.3 Å². The summed E-state index contributed by atoms with van der Waals surface area (Å²) in [5.74, 6) is 0. The van der Waals surface area contributed by atoms with Gasteiger partial charge in [0.15, 0.2) is 5.65 Å². The number of nitrogens with zero attached hydrogens (tertiary/aromatic N) is 3. The Morgan fingerprint density at radius 1 is 1.32 bits per heavy atom. The zero-order chi connectivity index (χ0) is 13.3. The molecule has 1 saturated carbocycles. The first-order chi connectivity index (χ1) is 9.16. The van der Waals surface area contributed by atoms with Gasteiger partial charge in [-0.25, -0.2) is 9.97 Å². The number of imidazole rings is 1. The number of aromatic nitrogens is 3. The van der Waals surface area contributed by atoms with Crippen LogP contribution in [0.4, 0.5) is 0 Å². The molecule has 0 aliphatic heterocycles. The highest BCUT2D eigenvalue weighted by molar-refractivity contribution is 9.10. The summed E-state index contributed by atoms with van der Waals surface area (Å²) in [6.07, 6.45) is 11.1. The Morgan fingerprint density at radius 3 is 2.89 bits per heavy atom. The summed E-state index contributed by atoms with van der Waals surface area (Å²) in [6.45, 7) is 4.34. The highest BCUT2D eigenvalue weighted by Gasteiger charge is 2.27. The third-order valence-corrected chi connectivity index (χ3v) is 4.52. The molecule has 102 valence electrons. The maximum Gasteiger partial charge on any atom is 0.155 e. The SMILES string of the molecule is CC1(CNCc2cnc3cnc(Br)cn23)CCCC1. The number of halogens is 1. The summed E-state index contributed by atoms with van der Waals surface area (Å²) >= 11 is 3.40. The molecule has 5 heteroatoms. The van der Waals surface area contributed by atoms with Crippen LogP contribution in [-0.2, 0) is 6.54 Å². The van der Waals surface area contributed by atoms with E-state index in [1.165, 1.54) is 31.4 Å². The van der Waals surface area contributed by atoms with Gasteiger partial charge in [0.2, 0.25) is 0 Å². The van der Waals surface area contributed by atoms with Gasteiger partial charge in [-0.15, -0.1) is 0 Å². The van der Waals surface area contributed by atoms with Gasteiger partial charge in [-0.3, -0.25) is 4.40 Å². The lowest BCUT2D eigenvalue weighted by Crippen LogP contribution is -2.29. The Hall–Kier alpha value is -0.940. The van der Waals surface area contributed by atoms with E-state index in [4.69, 9.17) is 0 Å². The van der Waals surface area contributed by atoms with Crippen LogP contribution >= 0.6 is 15.9 Å². The third-order valence-electron chi connectivity index (χ3n) is 4.11. The molecule has 1 fully saturated rings. The molecule has 2 aromatic rings. The van der Waals surface area contributed by atoms with Crippen LogP contribution in [0.15, 0.2) is 23.2 Å². The maximum absolute atomic E-state index is 4.37. The second-order valence-corrected chi connectivity index (χ2v) is 6.62. The third kappa shape index (κ3) is 2.82. The lowest BCUT2D eigenvalue weighted by Gasteiger charge is -2.23. The number of fused-ring (bicyclic) bond motifs is 1. The van der Waals surface area contributed by atoms with E-state index in [9.17, 15) is 0 Å². The molecule has 0 aromatic carbocycles. The van der Waals surface area contributed by atoms with Gasteiger partial charge in [-0.2, -0.15) is 0 Å². The molecule has 19 heavy (non-hydrogen) atoms. The number of hydrogen-bond acceptors (Lipinski definition) is 3. The van der Waals surface area contributed by atoms with E-state index in [1.807, 2.05) is 12.4 Å². The molecule has 2 aromatic heterocycles. The van der Waals surface area contributed by atoms with Gasteiger partial charge in [0, 0.05) is 19.3 Å². The molecule has 0 amide bonds. The Bertz CT molecular complexity index is 572. The maximum atomic E-state index is 4.37. The summed E-state index contributed by atoms with van der Waals surface area (Å²) in [5, 5.41) is 3.59. The van der Waals surface area contributed by atoms with Crippen molar-refractivity contribution in [2.45, 2.75) is 39.2 Å². The van der Waals surface area contributed by atoms with Gasteiger partial charge >= 0.3 is 0 Å². The highest BCUT2D eigenvalue weighted by atomic mass is 79.9. The van der Waals surface area contributed by atoms with Crippen molar-refractivity contribution < 1.29 is 0 Å². The van der Waals surface area contributed by atoms with E-state index in [2.05, 4.69) is 42.5 Å². The molecular formula is C14H19BrN4. The summed E-state index contributed by atoms with van der Waals surface area (Å²) in [5.41, 5.74) is 2.56. The summed E-state index contributed by atoms with van der Waals surface area (Å²) in [7, 11) is 0. The van der Waals surface area contributed by atoms with E-state index in [0.29, 0.717) is 5.41 Å². The van der Waals surface area contributed by atoms with Crippen LogP contribution in [0.5, 0.6) is 0 Å². The quantitative estimate of drug-likeness (QED) is 0.940. The normalized spacial score (nSPS) is 18.2. The van der Waals surface area contributed by atoms with Crippen LogP contribution in [-0.4, -0.2) is 20.9 Å². The molecule has 0 spiro atoms. The lowest BCUT2D eigenvalue weighted by molar-refractivity contribution is 0.314. The first-order valence-electron chi connectivity index (χ1n) is 6.85. The van der Waals surface area contributed by atoms with Crippen LogP contribution in [0.2, 0.25) is 0 Å². The molecule has 2 heterocycles. The Morgan fingerprint density at radius 2 is 2.11 bits per heavy atom. The average molecular weight is 323 g/mol. The van der Waals surface area contributed by atoms with Gasteiger partial charge in [0.05, 0.1) is 18.1 Å². The van der Waals surface area contributed by atoms with Gasteiger partial charge < -0.3 is 5.32 Å². The molecule has 3 rings (SSSR count). The van der Waals surface area contributed by atoms with Crippen molar-refractivity contribution in [3.8, 4) is 0 Å². The molecule has 0 saturated heterocycles. The fraction of sp³-hybridized carbons (Fsp3) is 0.571. The molecule has 1 aliphatic carbocycles. The average Bonchev–Trinajstić information content (AvgIpc) is 2.97. The van der Waals surface area contributed by atoms with Crippen molar-refractivity contribution in [3.63, 3.8) is 0 Å². The number of rotatable bonds is 4. The minimum Gasteiger partial charge on any atom is -0.311 e. The van der Waals surface area contributed by atoms with Gasteiger partial charge in [-0.1, -0.05) is 19.8 Å². The largest absolute Gasteiger partial charge is 0.311 e. The van der Waals surface area contributed by atoms with E-state index < -0.39 is 0 Å². The minimum absolute atomic E-state index is 0.489. The number of hydrogen-bond donors (Lipinski definition) is 1. The standard InChI is InChI=1S/C14H19BrN4/c1-14(4-2-3-5-14)10-16-6-11-7-18-13-8-17-12(15)9-19(11)13/h7-9,16H,2-6,10H2,1H3. The second-order valence-electron chi connectivity index (χ2n) is 5.81. The summed E-state index contributed by atoms with van der Waals surface area (Å²) in [6, 6.07) is 0. The molecule has 1 N–H and O–H groups in total. The topological polar surface area (TPSA) is 42.2 Å². The van der Waals surface area contributed by atoms with Crippen LogP contribution in [0.1, 0.15) is 38.3 Å². The van der Waals surface area contributed by atoms with Gasteiger partial charge in [0.25, 0.3) is 0 Å². The fourth-order valence-corrected chi connectivity index (χ4v) is 3.25. The highest BCUT2D eigenvalue weighted by Crippen LogP contribution is 2.36. The Labute approximate surface area is 121 Å². The summed E-state index contributed by atoms with van der Waals surface area (Å²) < 4.78 is 2.92. The second kappa shape index (κ2) is 5.21. The zero-order valence-corrected chi connectivity index (χ0v) is 12.8. The Balaban J connectivity index is 1.67. The van der Waals surface area contributed by atoms with Gasteiger partial charge in [-0.05, 0) is 34.2 Å². The summed E-state index contributed by atoms with van der Waals surface area (Å²) in [4.78, 5) is 8.56. The number of nitrogens with one attached hydrogen (secondary N) is 1. The van der Waals surface area contributed by atoms with Crippen molar-refractivity contribution in [1.82, 2.24) is 19.7 Å².